The van der Waals surface area contributed by atoms with E-state index in [0.717, 1.165) is 24.2 Å². The molecule has 0 atom stereocenters. The van der Waals surface area contributed by atoms with Gasteiger partial charge in [0.15, 0.2) is 0 Å². The minimum absolute atomic E-state index is 0.0775. The highest BCUT2D eigenvalue weighted by Crippen LogP contribution is 2.64. The van der Waals surface area contributed by atoms with Crippen LogP contribution in [0.1, 0.15) is 65.2 Å². The zero-order chi connectivity index (χ0) is 15.5. The van der Waals surface area contributed by atoms with Gasteiger partial charge in [-0.2, -0.15) is 0 Å². The Morgan fingerprint density at radius 3 is 2.14 bits per heavy atom. The van der Waals surface area contributed by atoms with Crippen molar-refractivity contribution in [3.8, 4) is 0 Å². The zero-order valence-corrected chi connectivity index (χ0v) is 13.8. The van der Waals surface area contributed by atoms with Crippen LogP contribution in [0.2, 0.25) is 0 Å². The minimum Gasteiger partial charge on any atom is -0.442 e. The first-order valence-corrected chi connectivity index (χ1v) is 8.92. The van der Waals surface area contributed by atoms with E-state index in [1.54, 1.807) is 0 Å². The molecule has 4 heteroatoms. The Bertz CT molecular complexity index is 475. The summed E-state index contributed by atoms with van der Waals surface area (Å²) in [6, 6.07) is 0. The Hall–Kier alpha value is -1.06. The third-order valence-corrected chi connectivity index (χ3v) is 6.95. The van der Waals surface area contributed by atoms with E-state index in [0.29, 0.717) is 13.0 Å². The molecule has 0 aromatic rings. The van der Waals surface area contributed by atoms with E-state index in [1.165, 1.54) is 43.4 Å². The van der Waals surface area contributed by atoms with Gasteiger partial charge in [-0.3, -0.25) is 4.79 Å². The molecular weight excluding hydrogens is 278 g/mol. The molecule has 0 unspecified atom stereocenters. The molecule has 1 aliphatic heterocycles. The largest absolute Gasteiger partial charge is 0.442 e. The first-order chi connectivity index (χ1) is 10.4. The number of carbonyl (C=O) groups is 2. The maximum Gasteiger partial charge on any atom is 0.417 e. The van der Waals surface area contributed by atoms with E-state index in [2.05, 4.69) is 13.8 Å². The van der Waals surface area contributed by atoms with Gasteiger partial charge in [0, 0.05) is 18.4 Å². The second-order valence-electron chi connectivity index (χ2n) is 8.73. The molecule has 1 heterocycles. The summed E-state index contributed by atoms with van der Waals surface area (Å²) in [5, 5.41) is 0. The molecule has 5 fully saturated rings. The highest BCUT2D eigenvalue weighted by atomic mass is 16.6. The van der Waals surface area contributed by atoms with Crippen molar-refractivity contribution >= 4 is 12.0 Å². The second kappa shape index (κ2) is 4.72. The Balaban J connectivity index is 1.53. The predicted molar refractivity (Wildman–Crippen MR) is 82.1 cm³/mol. The Kier molecular flexibility index (Phi) is 3.11. The summed E-state index contributed by atoms with van der Waals surface area (Å²) in [4.78, 5) is 25.5. The van der Waals surface area contributed by atoms with Gasteiger partial charge >= 0.3 is 6.09 Å². The van der Waals surface area contributed by atoms with Crippen LogP contribution in [-0.2, 0) is 9.53 Å². The number of carbonyl (C=O) groups excluding carboxylic acids is 2. The van der Waals surface area contributed by atoms with Crippen LogP contribution >= 0.6 is 0 Å². The van der Waals surface area contributed by atoms with Crippen molar-refractivity contribution in [2.24, 2.45) is 23.2 Å². The lowest BCUT2D eigenvalue weighted by Gasteiger charge is -2.61. The van der Waals surface area contributed by atoms with Crippen LogP contribution in [0.4, 0.5) is 4.79 Å². The van der Waals surface area contributed by atoms with Crippen LogP contribution in [0.25, 0.3) is 0 Å². The SMILES string of the molecule is CC(C)(OC(=O)N1CCCC1=O)C12CC3CC(CC(C3)C1)C2. The molecule has 4 aliphatic carbocycles. The van der Waals surface area contributed by atoms with Crippen LogP contribution in [-0.4, -0.2) is 29.0 Å². The highest BCUT2D eigenvalue weighted by molar-refractivity contribution is 5.93. The zero-order valence-electron chi connectivity index (χ0n) is 13.8. The predicted octanol–water partition coefficient (Wildman–Crippen LogP) is 3.74. The smallest absolute Gasteiger partial charge is 0.417 e. The molecule has 1 saturated heterocycles. The molecule has 0 aromatic heterocycles. The summed E-state index contributed by atoms with van der Waals surface area (Å²) in [6.07, 6.45) is 8.59. The molecular formula is C18H27NO3. The van der Waals surface area contributed by atoms with Crippen molar-refractivity contribution in [3.05, 3.63) is 0 Å². The van der Waals surface area contributed by atoms with Gasteiger partial charge in [0.1, 0.15) is 5.60 Å². The molecule has 4 bridgehead atoms. The van der Waals surface area contributed by atoms with E-state index >= 15 is 0 Å². The Labute approximate surface area is 132 Å². The maximum atomic E-state index is 12.4. The van der Waals surface area contributed by atoms with Crippen molar-refractivity contribution < 1.29 is 14.3 Å². The summed E-state index contributed by atoms with van der Waals surface area (Å²) < 4.78 is 5.94. The summed E-state index contributed by atoms with van der Waals surface area (Å²) in [5.74, 6) is 2.42. The second-order valence-corrected chi connectivity index (χ2v) is 8.73. The van der Waals surface area contributed by atoms with Gasteiger partial charge in [-0.05, 0) is 76.5 Å². The molecule has 122 valence electrons. The molecule has 0 N–H and O–H groups in total. The third kappa shape index (κ3) is 2.10. The molecule has 5 rings (SSSR count). The molecule has 4 saturated carbocycles. The summed E-state index contributed by atoms with van der Waals surface area (Å²) in [7, 11) is 0. The summed E-state index contributed by atoms with van der Waals surface area (Å²) in [6.45, 7) is 4.69. The Morgan fingerprint density at radius 1 is 1.14 bits per heavy atom. The number of hydrogen-bond acceptors (Lipinski definition) is 3. The van der Waals surface area contributed by atoms with Gasteiger partial charge in [0.2, 0.25) is 5.91 Å². The first-order valence-electron chi connectivity index (χ1n) is 8.92. The molecule has 4 nitrogen and oxygen atoms in total. The lowest BCUT2D eigenvalue weighted by molar-refractivity contribution is -0.167. The van der Waals surface area contributed by atoms with Crippen molar-refractivity contribution in [2.45, 2.75) is 70.8 Å². The highest BCUT2D eigenvalue weighted by Gasteiger charge is 2.59. The van der Waals surface area contributed by atoms with Gasteiger partial charge in [-0.1, -0.05) is 0 Å². The molecule has 0 spiro atoms. The van der Waals surface area contributed by atoms with Gasteiger partial charge < -0.3 is 4.74 Å². The standard InChI is InChI=1S/C18H27NO3/c1-17(2,22-16(21)19-5-3-4-15(19)20)18-9-12-6-13(10-18)8-14(7-12)11-18/h12-14H,3-11H2,1-2H3. The van der Waals surface area contributed by atoms with E-state index in [4.69, 9.17) is 4.74 Å². The van der Waals surface area contributed by atoms with Crippen LogP contribution < -0.4 is 0 Å². The van der Waals surface area contributed by atoms with Crippen molar-refractivity contribution in [1.82, 2.24) is 4.90 Å². The van der Waals surface area contributed by atoms with E-state index in [9.17, 15) is 9.59 Å². The fourth-order valence-corrected chi connectivity index (χ4v) is 6.07. The van der Waals surface area contributed by atoms with Crippen molar-refractivity contribution in [1.29, 1.82) is 0 Å². The van der Waals surface area contributed by atoms with Crippen LogP contribution in [0.5, 0.6) is 0 Å². The Morgan fingerprint density at radius 2 is 1.68 bits per heavy atom. The minimum atomic E-state index is -0.469. The maximum absolute atomic E-state index is 12.4. The first kappa shape index (κ1) is 14.5. The lowest BCUT2D eigenvalue weighted by atomic mass is 9.46. The number of likely N-dealkylation sites (tertiary alicyclic amines) is 1. The lowest BCUT2D eigenvalue weighted by Crippen LogP contribution is -2.58. The summed E-state index contributed by atoms with van der Waals surface area (Å²) in [5.41, 5.74) is -0.330. The van der Waals surface area contributed by atoms with E-state index in [-0.39, 0.29) is 11.3 Å². The number of amides is 2. The van der Waals surface area contributed by atoms with E-state index < -0.39 is 11.7 Å². The van der Waals surface area contributed by atoms with Crippen LogP contribution in [0, 0.1) is 23.2 Å². The third-order valence-electron chi connectivity index (χ3n) is 6.95. The average molecular weight is 305 g/mol. The van der Waals surface area contributed by atoms with Crippen LogP contribution in [0.3, 0.4) is 0 Å². The topological polar surface area (TPSA) is 46.6 Å². The molecule has 0 radical (unpaired) electrons. The number of hydrogen-bond donors (Lipinski definition) is 0. The number of ether oxygens (including phenoxy) is 1. The van der Waals surface area contributed by atoms with E-state index in [1.807, 2.05) is 0 Å². The van der Waals surface area contributed by atoms with Crippen molar-refractivity contribution in [2.75, 3.05) is 6.54 Å². The van der Waals surface area contributed by atoms with Gasteiger partial charge in [-0.15, -0.1) is 0 Å². The van der Waals surface area contributed by atoms with Gasteiger partial charge in [0.25, 0.3) is 0 Å². The van der Waals surface area contributed by atoms with Gasteiger partial charge in [0.05, 0.1) is 0 Å². The molecule has 2 amide bonds. The monoisotopic (exact) mass is 305 g/mol. The fraction of sp³-hybridized carbons (Fsp3) is 0.889. The van der Waals surface area contributed by atoms with Crippen molar-refractivity contribution in [3.63, 3.8) is 0 Å². The molecule has 22 heavy (non-hydrogen) atoms. The molecule has 5 aliphatic rings. The average Bonchev–Trinajstić information content (AvgIpc) is 2.82. The normalized spacial score (nSPS) is 40.4. The number of nitrogens with zero attached hydrogens (tertiary/aromatic N) is 1. The molecule has 0 aromatic carbocycles. The van der Waals surface area contributed by atoms with Crippen LogP contribution in [0.15, 0.2) is 0 Å². The summed E-state index contributed by atoms with van der Waals surface area (Å²) >= 11 is 0. The number of rotatable bonds is 2. The fourth-order valence-electron chi connectivity index (χ4n) is 6.07. The van der Waals surface area contributed by atoms with Gasteiger partial charge in [-0.25, -0.2) is 9.69 Å². The quantitative estimate of drug-likeness (QED) is 0.780. The number of imide groups is 1.